The van der Waals surface area contributed by atoms with Crippen molar-refractivity contribution in [3.8, 4) is 0 Å². The molecule has 0 radical (unpaired) electrons. The van der Waals surface area contributed by atoms with E-state index < -0.39 is 0 Å². The van der Waals surface area contributed by atoms with Gasteiger partial charge in [0.1, 0.15) is 0 Å². The van der Waals surface area contributed by atoms with Crippen molar-refractivity contribution >= 4 is 5.91 Å². The lowest BCUT2D eigenvalue weighted by molar-refractivity contribution is -0.124. The highest BCUT2D eigenvalue weighted by molar-refractivity contribution is 5.82. The van der Waals surface area contributed by atoms with Crippen LogP contribution in [0.25, 0.3) is 0 Å². The first kappa shape index (κ1) is 25.4. The Morgan fingerprint density at radius 2 is 1.43 bits per heavy atom. The Labute approximate surface area is 134 Å². The number of unbranched alkanes of at least 4 members (excludes halogenated alkanes) is 1. The third kappa shape index (κ3) is 24.8. The average molecular weight is 303 g/mol. The van der Waals surface area contributed by atoms with Crippen LogP contribution in [0.3, 0.4) is 0 Å². The number of amides is 1. The molecule has 1 atom stereocenters. The van der Waals surface area contributed by atoms with Gasteiger partial charge in [0.25, 0.3) is 0 Å². The topological polar surface area (TPSA) is 41.1 Å². The number of carbonyl (C=O) groups is 1. The van der Waals surface area contributed by atoms with Crippen molar-refractivity contribution in [3.05, 3.63) is 0 Å². The highest BCUT2D eigenvalue weighted by atomic mass is 16.2. The van der Waals surface area contributed by atoms with E-state index in [2.05, 4.69) is 59.1 Å². The van der Waals surface area contributed by atoms with Gasteiger partial charge in [0.05, 0.1) is 6.04 Å². The normalized spacial score (nSPS) is 16.7. The summed E-state index contributed by atoms with van der Waals surface area (Å²) in [6.07, 6.45) is 3.58. The maximum Gasteiger partial charge on any atom is 0.237 e. The van der Waals surface area contributed by atoms with E-state index in [1.165, 1.54) is 12.8 Å². The zero-order valence-corrected chi connectivity index (χ0v) is 16.2. The van der Waals surface area contributed by atoms with Crippen LogP contribution in [0, 0.1) is 11.8 Å². The molecule has 2 N–H and O–H groups in total. The lowest BCUT2D eigenvalue weighted by Crippen LogP contribution is -2.53. The SMILES string of the molecule is CC.CC(C)C.CC(C)CC1NCCNC1=O.CCCC. The monoisotopic (exact) mass is 302 g/mol. The Kier molecular flexibility index (Phi) is 23.5. The summed E-state index contributed by atoms with van der Waals surface area (Å²) in [5, 5.41) is 6.02. The summed E-state index contributed by atoms with van der Waals surface area (Å²) in [6, 6.07) is 0.0451. The molecule has 1 saturated heterocycles. The molecule has 21 heavy (non-hydrogen) atoms. The van der Waals surface area contributed by atoms with Crippen LogP contribution in [-0.4, -0.2) is 25.0 Å². The molecule has 0 aromatic heterocycles. The van der Waals surface area contributed by atoms with Gasteiger partial charge in [-0.25, -0.2) is 0 Å². The molecular formula is C18H42N2O. The van der Waals surface area contributed by atoms with Crippen LogP contribution in [0.15, 0.2) is 0 Å². The molecular weight excluding hydrogens is 260 g/mol. The van der Waals surface area contributed by atoms with Crippen molar-refractivity contribution < 1.29 is 4.79 Å². The third-order valence-electron chi connectivity index (χ3n) is 2.34. The molecule has 1 unspecified atom stereocenters. The van der Waals surface area contributed by atoms with E-state index in [1.54, 1.807) is 0 Å². The fraction of sp³-hybridized carbons (Fsp3) is 0.944. The molecule has 1 heterocycles. The number of rotatable bonds is 3. The zero-order valence-electron chi connectivity index (χ0n) is 16.2. The van der Waals surface area contributed by atoms with Crippen molar-refractivity contribution in [2.75, 3.05) is 13.1 Å². The van der Waals surface area contributed by atoms with Gasteiger partial charge in [-0.3, -0.25) is 4.79 Å². The van der Waals surface area contributed by atoms with E-state index in [9.17, 15) is 4.79 Å². The molecule has 1 rings (SSSR count). The van der Waals surface area contributed by atoms with E-state index in [0.717, 1.165) is 25.4 Å². The summed E-state index contributed by atoms with van der Waals surface area (Å²) in [5.74, 6) is 1.57. The highest BCUT2D eigenvalue weighted by Gasteiger charge is 2.21. The molecule has 3 nitrogen and oxygen atoms in total. The Morgan fingerprint density at radius 1 is 1.00 bits per heavy atom. The van der Waals surface area contributed by atoms with Gasteiger partial charge >= 0.3 is 0 Å². The van der Waals surface area contributed by atoms with Gasteiger partial charge in [0, 0.05) is 13.1 Å². The van der Waals surface area contributed by atoms with E-state index in [1.807, 2.05) is 13.8 Å². The summed E-state index contributed by atoms with van der Waals surface area (Å²) in [6.45, 7) is 20.8. The van der Waals surface area contributed by atoms with Crippen molar-refractivity contribution in [2.45, 2.75) is 87.6 Å². The van der Waals surface area contributed by atoms with Crippen LogP contribution in [0.4, 0.5) is 0 Å². The Bertz CT molecular complexity index is 199. The predicted molar refractivity (Wildman–Crippen MR) is 96.7 cm³/mol. The van der Waals surface area contributed by atoms with Crippen molar-refractivity contribution in [1.82, 2.24) is 10.6 Å². The van der Waals surface area contributed by atoms with Crippen LogP contribution >= 0.6 is 0 Å². The van der Waals surface area contributed by atoms with Crippen molar-refractivity contribution in [2.24, 2.45) is 11.8 Å². The van der Waals surface area contributed by atoms with Gasteiger partial charge in [0.2, 0.25) is 5.91 Å². The van der Waals surface area contributed by atoms with E-state index in [4.69, 9.17) is 0 Å². The van der Waals surface area contributed by atoms with E-state index in [0.29, 0.717) is 5.92 Å². The minimum atomic E-state index is 0.0451. The smallest absolute Gasteiger partial charge is 0.237 e. The predicted octanol–water partition coefficient (Wildman–Crippen LogP) is 4.62. The molecule has 1 aliphatic rings. The molecule has 0 aromatic rings. The summed E-state index contributed by atoms with van der Waals surface area (Å²) in [4.78, 5) is 11.2. The second-order valence-corrected chi connectivity index (χ2v) is 6.16. The minimum Gasteiger partial charge on any atom is -0.353 e. The summed E-state index contributed by atoms with van der Waals surface area (Å²) < 4.78 is 0. The molecule has 0 aromatic carbocycles. The molecule has 1 amide bonds. The molecule has 0 aliphatic carbocycles. The Morgan fingerprint density at radius 3 is 1.71 bits per heavy atom. The van der Waals surface area contributed by atoms with E-state index in [-0.39, 0.29) is 11.9 Å². The van der Waals surface area contributed by atoms with Gasteiger partial charge in [0.15, 0.2) is 0 Å². The lowest BCUT2D eigenvalue weighted by Gasteiger charge is -2.24. The van der Waals surface area contributed by atoms with Gasteiger partial charge in [-0.1, -0.05) is 75.2 Å². The first-order valence-electron chi connectivity index (χ1n) is 8.86. The van der Waals surface area contributed by atoms with Crippen molar-refractivity contribution in [1.29, 1.82) is 0 Å². The second-order valence-electron chi connectivity index (χ2n) is 6.16. The number of carbonyl (C=O) groups excluding carboxylic acids is 1. The molecule has 1 aliphatic heterocycles. The third-order valence-corrected chi connectivity index (χ3v) is 2.34. The van der Waals surface area contributed by atoms with Crippen molar-refractivity contribution in [3.63, 3.8) is 0 Å². The summed E-state index contributed by atoms with van der Waals surface area (Å²) >= 11 is 0. The first-order chi connectivity index (χ1) is 9.84. The van der Waals surface area contributed by atoms with Crippen LogP contribution in [0.5, 0.6) is 0 Å². The number of hydrogen-bond donors (Lipinski definition) is 2. The largest absolute Gasteiger partial charge is 0.353 e. The lowest BCUT2D eigenvalue weighted by atomic mass is 10.0. The van der Waals surface area contributed by atoms with Crippen LogP contribution in [-0.2, 0) is 4.79 Å². The fourth-order valence-electron chi connectivity index (χ4n) is 1.31. The zero-order chi connectivity index (χ0) is 17.3. The highest BCUT2D eigenvalue weighted by Crippen LogP contribution is 2.05. The maximum atomic E-state index is 11.2. The fourth-order valence-corrected chi connectivity index (χ4v) is 1.31. The van der Waals surface area contributed by atoms with Gasteiger partial charge in [-0.15, -0.1) is 0 Å². The Balaban J connectivity index is -0.000000271. The van der Waals surface area contributed by atoms with Crippen LogP contribution < -0.4 is 10.6 Å². The van der Waals surface area contributed by atoms with Crippen LogP contribution in [0.1, 0.15) is 81.6 Å². The molecule has 130 valence electrons. The average Bonchev–Trinajstić information content (AvgIpc) is 2.43. The maximum absolute atomic E-state index is 11.2. The van der Waals surface area contributed by atoms with Crippen LogP contribution in [0.2, 0.25) is 0 Å². The van der Waals surface area contributed by atoms with Gasteiger partial charge in [-0.05, 0) is 18.3 Å². The van der Waals surface area contributed by atoms with Gasteiger partial charge in [-0.2, -0.15) is 0 Å². The number of nitrogens with one attached hydrogen (secondary N) is 2. The Hall–Kier alpha value is -0.570. The molecule has 0 bridgehead atoms. The summed E-state index contributed by atoms with van der Waals surface area (Å²) in [7, 11) is 0. The molecule has 1 fully saturated rings. The second kappa shape index (κ2) is 19.4. The minimum absolute atomic E-state index is 0.0451. The summed E-state index contributed by atoms with van der Waals surface area (Å²) in [5.41, 5.74) is 0. The number of piperazine rings is 1. The molecule has 3 heteroatoms. The first-order valence-corrected chi connectivity index (χ1v) is 8.86. The van der Waals surface area contributed by atoms with E-state index >= 15 is 0 Å². The van der Waals surface area contributed by atoms with Gasteiger partial charge < -0.3 is 10.6 Å². The quantitative estimate of drug-likeness (QED) is 0.799. The number of hydrogen-bond acceptors (Lipinski definition) is 2. The molecule has 0 spiro atoms. The standard InChI is InChI=1S/C8H16N2O.2C4H10.C2H6/c1-6(2)5-7-8(11)10-4-3-9-7;1-4(2)3;1-3-4-2;1-2/h6-7,9H,3-5H2,1-2H3,(H,10,11);4H,1-3H3;3-4H2,1-2H3;1-2H3. The molecule has 0 saturated carbocycles.